The van der Waals surface area contributed by atoms with Crippen molar-refractivity contribution < 1.29 is 4.74 Å². The number of nitrogens with zero attached hydrogens (tertiary/aromatic N) is 2. The Morgan fingerprint density at radius 2 is 2.24 bits per heavy atom. The lowest BCUT2D eigenvalue weighted by Crippen LogP contribution is -2.31. The van der Waals surface area contributed by atoms with E-state index in [0.29, 0.717) is 5.92 Å². The van der Waals surface area contributed by atoms with Gasteiger partial charge in [-0.1, -0.05) is 6.92 Å². The molecule has 0 bridgehead atoms. The van der Waals surface area contributed by atoms with Gasteiger partial charge in [-0.15, -0.1) is 0 Å². The predicted molar refractivity (Wildman–Crippen MR) is 66.7 cm³/mol. The molecule has 94 valence electrons. The van der Waals surface area contributed by atoms with E-state index in [9.17, 15) is 0 Å². The van der Waals surface area contributed by atoms with E-state index in [1.54, 1.807) is 0 Å². The lowest BCUT2D eigenvalue weighted by molar-refractivity contribution is 0.175. The fourth-order valence-electron chi connectivity index (χ4n) is 2.15. The first kappa shape index (κ1) is 12.5. The molecule has 1 saturated heterocycles. The van der Waals surface area contributed by atoms with Gasteiger partial charge in [0.15, 0.2) is 0 Å². The van der Waals surface area contributed by atoms with Crippen molar-refractivity contribution in [3.63, 3.8) is 0 Å². The molecule has 2 atom stereocenters. The maximum absolute atomic E-state index is 5.47. The van der Waals surface area contributed by atoms with E-state index in [2.05, 4.69) is 22.2 Å². The maximum Gasteiger partial charge on any atom is 0.145 e. The molecule has 1 N–H and O–H groups in total. The molecule has 4 heteroatoms. The summed E-state index contributed by atoms with van der Waals surface area (Å²) in [7, 11) is 0. The molecule has 1 aromatic heterocycles. The molecule has 2 heterocycles. The van der Waals surface area contributed by atoms with Gasteiger partial charge >= 0.3 is 0 Å². The van der Waals surface area contributed by atoms with Crippen molar-refractivity contribution >= 4 is 0 Å². The fourth-order valence-corrected chi connectivity index (χ4v) is 2.15. The van der Waals surface area contributed by atoms with Crippen LogP contribution < -0.4 is 5.32 Å². The molecule has 0 aliphatic carbocycles. The third-order valence-electron chi connectivity index (χ3n) is 3.13. The van der Waals surface area contributed by atoms with Gasteiger partial charge < -0.3 is 10.1 Å². The molecular formula is C13H21N3O. The summed E-state index contributed by atoms with van der Waals surface area (Å²) < 4.78 is 5.47. The molecule has 1 aliphatic rings. The molecule has 2 rings (SSSR count). The Labute approximate surface area is 103 Å². The van der Waals surface area contributed by atoms with E-state index in [1.165, 1.54) is 0 Å². The molecule has 1 aromatic rings. The molecule has 4 nitrogen and oxygen atoms in total. The summed E-state index contributed by atoms with van der Waals surface area (Å²) in [6, 6.07) is 0.234. The maximum atomic E-state index is 5.47. The number of nitrogens with one attached hydrogen (secondary N) is 1. The first-order valence-electron chi connectivity index (χ1n) is 6.41. The number of hydrogen-bond acceptors (Lipinski definition) is 4. The number of hydrogen-bond donors (Lipinski definition) is 1. The van der Waals surface area contributed by atoms with Gasteiger partial charge in [-0.2, -0.15) is 0 Å². The highest BCUT2D eigenvalue weighted by Crippen LogP contribution is 2.26. The van der Waals surface area contributed by atoms with Crippen molar-refractivity contribution in [3.8, 4) is 0 Å². The van der Waals surface area contributed by atoms with E-state index < -0.39 is 0 Å². The van der Waals surface area contributed by atoms with E-state index in [1.807, 2.05) is 19.3 Å². The summed E-state index contributed by atoms with van der Waals surface area (Å²) in [5, 5.41) is 3.54. The summed E-state index contributed by atoms with van der Waals surface area (Å²) >= 11 is 0. The molecule has 2 unspecified atom stereocenters. The van der Waals surface area contributed by atoms with Gasteiger partial charge in [0, 0.05) is 24.9 Å². The lowest BCUT2D eigenvalue weighted by atomic mass is 9.98. The highest BCUT2D eigenvalue weighted by atomic mass is 16.5. The Morgan fingerprint density at radius 1 is 1.47 bits per heavy atom. The second kappa shape index (κ2) is 6.07. The Balaban J connectivity index is 2.10. The van der Waals surface area contributed by atoms with E-state index in [0.717, 1.165) is 44.0 Å². The van der Waals surface area contributed by atoms with E-state index >= 15 is 0 Å². The summed E-state index contributed by atoms with van der Waals surface area (Å²) in [5.74, 6) is 1.41. The second-order valence-electron chi connectivity index (χ2n) is 4.67. The Morgan fingerprint density at radius 3 is 2.82 bits per heavy atom. The van der Waals surface area contributed by atoms with Gasteiger partial charge in [0.2, 0.25) is 0 Å². The summed E-state index contributed by atoms with van der Waals surface area (Å²) in [4.78, 5) is 8.89. The molecule has 1 aliphatic heterocycles. The smallest absolute Gasteiger partial charge is 0.145 e. The van der Waals surface area contributed by atoms with Crippen molar-refractivity contribution in [2.24, 2.45) is 5.92 Å². The van der Waals surface area contributed by atoms with E-state index in [-0.39, 0.29) is 6.04 Å². The first-order valence-corrected chi connectivity index (χ1v) is 6.41. The minimum absolute atomic E-state index is 0.234. The van der Waals surface area contributed by atoms with Crippen LogP contribution in [0.3, 0.4) is 0 Å². The van der Waals surface area contributed by atoms with Crippen LogP contribution in [0.4, 0.5) is 0 Å². The van der Waals surface area contributed by atoms with Crippen LogP contribution in [-0.4, -0.2) is 29.7 Å². The SMILES string of the molecule is CCCNC(c1ncc(C)cn1)C1CCOC1. The second-order valence-corrected chi connectivity index (χ2v) is 4.67. The highest BCUT2D eigenvalue weighted by Gasteiger charge is 2.28. The third-order valence-corrected chi connectivity index (χ3v) is 3.13. The number of aromatic nitrogens is 2. The van der Waals surface area contributed by atoms with Gasteiger partial charge in [0.05, 0.1) is 12.6 Å². The fraction of sp³-hybridized carbons (Fsp3) is 0.692. The zero-order valence-electron chi connectivity index (χ0n) is 10.6. The zero-order valence-corrected chi connectivity index (χ0v) is 10.6. The average Bonchev–Trinajstić information content (AvgIpc) is 2.85. The van der Waals surface area contributed by atoms with Crippen LogP contribution in [-0.2, 0) is 4.74 Å². The largest absolute Gasteiger partial charge is 0.381 e. The molecule has 0 aromatic carbocycles. The molecule has 0 radical (unpaired) electrons. The van der Waals surface area contributed by atoms with Gasteiger partial charge in [-0.05, 0) is 31.9 Å². The molecular weight excluding hydrogens is 214 g/mol. The summed E-state index contributed by atoms with van der Waals surface area (Å²) in [6.07, 6.45) is 5.99. The van der Waals surface area contributed by atoms with Crippen LogP contribution in [0.5, 0.6) is 0 Å². The summed E-state index contributed by atoms with van der Waals surface area (Å²) in [6.45, 7) is 6.86. The first-order chi connectivity index (χ1) is 8.31. The minimum Gasteiger partial charge on any atom is -0.381 e. The number of rotatable bonds is 5. The van der Waals surface area contributed by atoms with Gasteiger partial charge in [-0.25, -0.2) is 9.97 Å². The normalized spacial score (nSPS) is 21.6. The Kier molecular flexibility index (Phi) is 4.45. The molecule has 1 fully saturated rings. The van der Waals surface area contributed by atoms with Crippen molar-refractivity contribution in [2.75, 3.05) is 19.8 Å². The minimum atomic E-state index is 0.234. The Bertz CT molecular complexity index is 333. The lowest BCUT2D eigenvalue weighted by Gasteiger charge is -2.22. The van der Waals surface area contributed by atoms with Crippen LogP contribution >= 0.6 is 0 Å². The van der Waals surface area contributed by atoms with Crippen LogP contribution in [0.1, 0.15) is 37.2 Å². The van der Waals surface area contributed by atoms with Gasteiger partial charge in [-0.3, -0.25) is 0 Å². The van der Waals surface area contributed by atoms with Crippen molar-refractivity contribution in [1.29, 1.82) is 0 Å². The van der Waals surface area contributed by atoms with Gasteiger partial charge in [0.1, 0.15) is 5.82 Å². The monoisotopic (exact) mass is 235 g/mol. The zero-order chi connectivity index (χ0) is 12.1. The Hall–Kier alpha value is -1.00. The van der Waals surface area contributed by atoms with Crippen LogP contribution in [0.15, 0.2) is 12.4 Å². The van der Waals surface area contributed by atoms with Crippen molar-refractivity contribution in [3.05, 3.63) is 23.8 Å². The number of aryl methyl sites for hydroxylation is 1. The van der Waals surface area contributed by atoms with Gasteiger partial charge in [0.25, 0.3) is 0 Å². The quantitative estimate of drug-likeness (QED) is 0.846. The van der Waals surface area contributed by atoms with Crippen LogP contribution in [0, 0.1) is 12.8 Å². The number of ether oxygens (including phenoxy) is 1. The molecule has 0 spiro atoms. The van der Waals surface area contributed by atoms with Crippen molar-refractivity contribution in [1.82, 2.24) is 15.3 Å². The molecule has 0 saturated carbocycles. The van der Waals surface area contributed by atoms with E-state index in [4.69, 9.17) is 4.74 Å². The molecule has 17 heavy (non-hydrogen) atoms. The highest BCUT2D eigenvalue weighted by molar-refractivity contribution is 5.06. The predicted octanol–water partition coefficient (Wildman–Crippen LogP) is 1.86. The van der Waals surface area contributed by atoms with Crippen molar-refractivity contribution in [2.45, 2.75) is 32.7 Å². The average molecular weight is 235 g/mol. The van der Waals surface area contributed by atoms with Crippen LogP contribution in [0.2, 0.25) is 0 Å². The summed E-state index contributed by atoms with van der Waals surface area (Å²) in [5.41, 5.74) is 1.10. The topological polar surface area (TPSA) is 47.0 Å². The van der Waals surface area contributed by atoms with Crippen LogP contribution in [0.25, 0.3) is 0 Å². The third kappa shape index (κ3) is 3.23. The standard InChI is InChI=1S/C13H21N3O/c1-3-5-14-12(11-4-6-17-9-11)13-15-7-10(2)8-16-13/h7-8,11-12,14H,3-6,9H2,1-2H3. The molecule has 0 amide bonds.